The van der Waals surface area contributed by atoms with Crippen LogP contribution in [0.3, 0.4) is 0 Å². The van der Waals surface area contributed by atoms with Crippen LogP contribution in [0, 0.1) is 17.1 Å². The van der Waals surface area contributed by atoms with Gasteiger partial charge in [0.2, 0.25) is 5.88 Å². The molecule has 23 heavy (non-hydrogen) atoms. The molecule has 0 bridgehead atoms. The van der Waals surface area contributed by atoms with Crippen molar-refractivity contribution < 1.29 is 14.3 Å². The molecule has 0 saturated carbocycles. The highest BCUT2D eigenvalue weighted by atomic mass is 19.1. The predicted octanol–water partition coefficient (Wildman–Crippen LogP) is 2.46. The minimum absolute atomic E-state index is 0.122. The number of carbonyl (C=O) groups is 1. The Hall–Kier alpha value is -3.53. The summed E-state index contributed by atoms with van der Waals surface area (Å²) in [6.07, 6.45) is 3.29. The predicted molar refractivity (Wildman–Crippen MR) is 78.5 cm³/mol. The Balaban J connectivity index is 2.05. The summed E-state index contributed by atoms with van der Waals surface area (Å²) >= 11 is 0. The first-order valence-electron chi connectivity index (χ1n) is 6.52. The molecule has 7 heteroatoms. The number of aldehydes is 1. The molecule has 3 aromatic rings. The highest BCUT2D eigenvalue weighted by Crippen LogP contribution is 2.32. The molecule has 0 amide bonds. The Labute approximate surface area is 130 Å². The van der Waals surface area contributed by atoms with E-state index in [-0.39, 0.29) is 28.4 Å². The Morgan fingerprint density at radius 1 is 1.22 bits per heavy atom. The van der Waals surface area contributed by atoms with Gasteiger partial charge in [-0.05, 0) is 30.3 Å². The molecule has 0 spiro atoms. The van der Waals surface area contributed by atoms with Gasteiger partial charge >= 0.3 is 0 Å². The van der Waals surface area contributed by atoms with Crippen LogP contribution in [-0.4, -0.2) is 26.2 Å². The molecule has 0 aliphatic carbocycles. The van der Waals surface area contributed by atoms with Crippen LogP contribution in [0.1, 0.15) is 15.9 Å². The fraction of sp³-hybridized carbons (Fsp3) is 0. The van der Waals surface area contributed by atoms with Crippen LogP contribution in [0.15, 0.2) is 42.7 Å². The van der Waals surface area contributed by atoms with Gasteiger partial charge in [0.05, 0.1) is 23.4 Å². The van der Waals surface area contributed by atoms with Crippen molar-refractivity contribution in [3.8, 4) is 28.9 Å². The summed E-state index contributed by atoms with van der Waals surface area (Å²) in [5, 5.41) is 23.0. The monoisotopic (exact) mass is 308 g/mol. The highest BCUT2D eigenvalue weighted by Gasteiger charge is 2.17. The van der Waals surface area contributed by atoms with E-state index in [0.717, 1.165) is 10.7 Å². The molecule has 1 N–H and O–H groups in total. The van der Waals surface area contributed by atoms with E-state index in [2.05, 4.69) is 10.1 Å². The fourth-order valence-corrected chi connectivity index (χ4v) is 2.10. The van der Waals surface area contributed by atoms with Crippen molar-refractivity contribution >= 4 is 6.29 Å². The number of pyridine rings is 1. The highest BCUT2D eigenvalue weighted by molar-refractivity contribution is 5.74. The van der Waals surface area contributed by atoms with Gasteiger partial charge in [-0.25, -0.2) is 9.37 Å². The molecule has 0 aliphatic rings. The van der Waals surface area contributed by atoms with Crippen molar-refractivity contribution in [1.29, 1.82) is 5.26 Å². The molecule has 112 valence electrons. The van der Waals surface area contributed by atoms with Crippen molar-refractivity contribution in [2.75, 3.05) is 0 Å². The van der Waals surface area contributed by atoms with Gasteiger partial charge in [0.15, 0.2) is 12.1 Å². The maximum atomic E-state index is 14.1. The third-order valence-corrected chi connectivity index (χ3v) is 3.26. The zero-order chi connectivity index (χ0) is 16.4. The second kappa shape index (κ2) is 5.69. The first kappa shape index (κ1) is 14.4. The number of carbonyl (C=O) groups excluding carboxylic acids is 1. The number of aromatic hydroxyl groups is 1. The minimum Gasteiger partial charge on any atom is -0.493 e. The van der Waals surface area contributed by atoms with Crippen LogP contribution in [0.4, 0.5) is 4.39 Å². The number of hydrogen-bond acceptors (Lipinski definition) is 5. The maximum absolute atomic E-state index is 14.1. The van der Waals surface area contributed by atoms with Crippen molar-refractivity contribution in [1.82, 2.24) is 14.8 Å². The van der Waals surface area contributed by atoms with Crippen LogP contribution in [0.5, 0.6) is 5.88 Å². The standard InChI is InChI=1S/C16H9FN4O2/c17-14-5-10(6-18)1-3-12(14)13-8-20-21(16(13)23)15-4-2-11(9-22)7-19-15/h1-5,7-9,23H. The van der Waals surface area contributed by atoms with E-state index >= 15 is 0 Å². The molecule has 2 aromatic heterocycles. The number of aromatic nitrogens is 3. The van der Waals surface area contributed by atoms with Crippen LogP contribution in [-0.2, 0) is 0 Å². The number of benzene rings is 1. The number of nitrogens with zero attached hydrogens (tertiary/aromatic N) is 4. The van der Waals surface area contributed by atoms with E-state index in [1.807, 2.05) is 6.07 Å². The Bertz CT molecular complexity index is 926. The topological polar surface area (TPSA) is 91.8 Å². The normalized spacial score (nSPS) is 10.3. The zero-order valence-corrected chi connectivity index (χ0v) is 11.6. The lowest BCUT2D eigenvalue weighted by molar-refractivity contribution is 0.112. The van der Waals surface area contributed by atoms with Gasteiger partial charge in [0.1, 0.15) is 5.82 Å². The Morgan fingerprint density at radius 3 is 2.65 bits per heavy atom. The summed E-state index contributed by atoms with van der Waals surface area (Å²) in [4.78, 5) is 14.6. The van der Waals surface area contributed by atoms with Gasteiger partial charge in [-0.3, -0.25) is 4.79 Å². The first-order valence-corrected chi connectivity index (χ1v) is 6.52. The van der Waals surface area contributed by atoms with Crippen LogP contribution >= 0.6 is 0 Å². The smallest absolute Gasteiger partial charge is 0.223 e. The maximum Gasteiger partial charge on any atom is 0.223 e. The van der Waals surface area contributed by atoms with Crippen LogP contribution < -0.4 is 0 Å². The van der Waals surface area contributed by atoms with Gasteiger partial charge in [0.25, 0.3) is 0 Å². The van der Waals surface area contributed by atoms with E-state index < -0.39 is 5.82 Å². The first-order chi connectivity index (χ1) is 11.1. The molecule has 0 saturated heterocycles. The lowest BCUT2D eigenvalue weighted by atomic mass is 10.1. The average Bonchev–Trinajstić information content (AvgIpc) is 2.96. The molecule has 0 atom stereocenters. The molecule has 0 fully saturated rings. The molecule has 0 unspecified atom stereocenters. The largest absolute Gasteiger partial charge is 0.493 e. The summed E-state index contributed by atoms with van der Waals surface area (Å²) in [5.74, 6) is -0.642. The van der Waals surface area contributed by atoms with Crippen molar-refractivity contribution in [2.24, 2.45) is 0 Å². The van der Waals surface area contributed by atoms with Crippen molar-refractivity contribution in [3.63, 3.8) is 0 Å². The van der Waals surface area contributed by atoms with E-state index in [0.29, 0.717) is 11.8 Å². The van der Waals surface area contributed by atoms with Gasteiger partial charge in [-0.15, -0.1) is 0 Å². The van der Waals surface area contributed by atoms with E-state index in [4.69, 9.17) is 5.26 Å². The van der Waals surface area contributed by atoms with E-state index in [1.54, 1.807) is 0 Å². The SMILES string of the molecule is N#Cc1ccc(-c2cnn(-c3ccc(C=O)cn3)c2O)c(F)c1. The molecule has 0 aliphatic heterocycles. The van der Waals surface area contributed by atoms with Gasteiger partial charge in [-0.1, -0.05) is 0 Å². The van der Waals surface area contributed by atoms with E-state index in [1.165, 1.54) is 36.7 Å². The Morgan fingerprint density at radius 2 is 2.04 bits per heavy atom. The summed E-state index contributed by atoms with van der Waals surface area (Å²) in [5.41, 5.74) is 0.869. The minimum atomic E-state index is -0.636. The quantitative estimate of drug-likeness (QED) is 0.750. The molecule has 1 aromatic carbocycles. The van der Waals surface area contributed by atoms with Crippen LogP contribution in [0.25, 0.3) is 16.9 Å². The molecular formula is C16H9FN4O2. The van der Waals surface area contributed by atoms with Crippen molar-refractivity contribution in [3.05, 3.63) is 59.7 Å². The van der Waals surface area contributed by atoms with Gasteiger partial charge in [0, 0.05) is 17.3 Å². The summed E-state index contributed by atoms with van der Waals surface area (Å²) < 4.78 is 15.2. The van der Waals surface area contributed by atoms with Crippen LogP contribution in [0.2, 0.25) is 0 Å². The zero-order valence-electron chi connectivity index (χ0n) is 11.6. The lowest BCUT2D eigenvalue weighted by Gasteiger charge is -2.04. The summed E-state index contributed by atoms with van der Waals surface area (Å²) in [7, 11) is 0. The second-order valence-electron chi connectivity index (χ2n) is 4.67. The number of rotatable bonds is 3. The second-order valence-corrected chi connectivity index (χ2v) is 4.67. The fourth-order valence-electron chi connectivity index (χ4n) is 2.10. The number of halogens is 1. The third-order valence-electron chi connectivity index (χ3n) is 3.26. The summed E-state index contributed by atoms with van der Waals surface area (Å²) in [6, 6.07) is 8.81. The van der Waals surface area contributed by atoms with Gasteiger partial charge < -0.3 is 5.11 Å². The third kappa shape index (κ3) is 2.53. The van der Waals surface area contributed by atoms with E-state index in [9.17, 15) is 14.3 Å². The van der Waals surface area contributed by atoms with Crippen molar-refractivity contribution in [2.45, 2.75) is 0 Å². The average molecular weight is 308 g/mol. The lowest BCUT2D eigenvalue weighted by Crippen LogP contribution is -1.99. The molecule has 6 nitrogen and oxygen atoms in total. The number of nitriles is 1. The Kier molecular flexibility index (Phi) is 3.57. The molecule has 0 radical (unpaired) electrons. The summed E-state index contributed by atoms with van der Waals surface area (Å²) in [6.45, 7) is 0. The molecule has 3 rings (SSSR count). The molecule has 2 heterocycles. The number of hydrogen-bond donors (Lipinski definition) is 1. The molecular weight excluding hydrogens is 299 g/mol. The van der Waals surface area contributed by atoms with Gasteiger partial charge in [-0.2, -0.15) is 15.0 Å².